The Bertz CT molecular complexity index is 566. The average molecular weight is 260 g/mol. The highest BCUT2D eigenvalue weighted by molar-refractivity contribution is 5.63. The fourth-order valence-corrected chi connectivity index (χ4v) is 1.71. The maximum Gasteiger partial charge on any atom is 0.139 e. The highest BCUT2D eigenvalue weighted by Gasteiger charge is 2.08. The topological polar surface area (TPSA) is 63.8 Å². The number of aromatic nitrogens is 2. The third-order valence-electron chi connectivity index (χ3n) is 2.81. The van der Waals surface area contributed by atoms with E-state index in [9.17, 15) is 4.39 Å². The van der Waals surface area contributed by atoms with Crippen LogP contribution < -0.4 is 11.1 Å². The summed E-state index contributed by atoms with van der Waals surface area (Å²) in [4.78, 5) is 8.69. The van der Waals surface area contributed by atoms with Gasteiger partial charge in [-0.2, -0.15) is 0 Å². The molecule has 0 unspecified atom stereocenters. The van der Waals surface area contributed by atoms with Crippen LogP contribution in [0, 0.1) is 12.7 Å². The number of hydrogen-bond donors (Lipinski definition) is 2. The van der Waals surface area contributed by atoms with Crippen LogP contribution >= 0.6 is 0 Å². The van der Waals surface area contributed by atoms with Crippen molar-refractivity contribution in [3.8, 4) is 0 Å². The SMILES string of the molecule is CCCc1nc(N)c(C)c(Nc2ccc(F)cc2)n1. The first-order valence-corrected chi connectivity index (χ1v) is 6.25. The van der Waals surface area contributed by atoms with Gasteiger partial charge in [-0.3, -0.25) is 0 Å². The van der Waals surface area contributed by atoms with Crippen molar-refractivity contribution in [1.29, 1.82) is 0 Å². The van der Waals surface area contributed by atoms with Crippen LogP contribution in [0.25, 0.3) is 0 Å². The molecule has 0 aliphatic rings. The summed E-state index contributed by atoms with van der Waals surface area (Å²) in [6, 6.07) is 6.11. The van der Waals surface area contributed by atoms with E-state index in [0.717, 1.165) is 29.9 Å². The van der Waals surface area contributed by atoms with Gasteiger partial charge in [-0.05, 0) is 37.6 Å². The largest absolute Gasteiger partial charge is 0.383 e. The highest BCUT2D eigenvalue weighted by atomic mass is 19.1. The van der Waals surface area contributed by atoms with Gasteiger partial charge in [0.15, 0.2) is 0 Å². The van der Waals surface area contributed by atoms with E-state index in [2.05, 4.69) is 22.2 Å². The molecule has 0 aliphatic carbocycles. The Labute approximate surface area is 111 Å². The molecule has 0 spiro atoms. The summed E-state index contributed by atoms with van der Waals surface area (Å²) in [5.41, 5.74) is 7.44. The fourth-order valence-electron chi connectivity index (χ4n) is 1.71. The molecule has 0 saturated heterocycles. The third-order valence-corrected chi connectivity index (χ3v) is 2.81. The minimum atomic E-state index is -0.267. The molecule has 0 saturated carbocycles. The average Bonchev–Trinajstić information content (AvgIpc) is 2.38. The first-order valence-electron chi connectivity index (χ1n) is 6.25. The molecule has 5 heteroatoms. The molecule has 0 atom stereocenters. The maximum atomic E-state index is 12.9. The summed E-state index contributed by atoms with van der Waals surface area (Å²) >= 11 is 0. The van der Waals surface area contributed by atoms with Crippen molar-refractivity contribution in [3.05, 3.63) is 41.5 Å². The monoisotopic (exact) mass is 260 g/mol. The molecule has 19 heavy (non-hydrogen) atoms. The second-order valence-electron chi connectivity index (χ2n) is 4.38. The molecule has 0 fully saturated rings. The second-order valence-corrected chi connectivity index (χ2v) is 4.38. The zero-order chi connectivity index (χ0) is 13.8. The van der Waals surface area contributed by atoms with E-state index in [-0.39, 0.29) is 5.82 Å². The lowest BCUT2D eigenvalue weighted by atomic mass is 10.2. The molecule has 1 heterocycles. The number of benzene rings is 1. The molecule has 100 valence electrons. The van der Waals surface area contributed by atoms with Gasteiger partial charge >= 0.3 is 0 Å². The number of hydrogen-bond acceptors (Lipinski definition) is 4. The Balaban J connectivity index is 2.30. The van der Waals surface area contributed by atoms with E-state index >= 15 is 0 Å². The van der Waals surface area contributed by atoms with E-state index in [1.54, 1.807) is 12.1 Å². The van der Waals surface area contributed by atoms with Crippen molar-refractivity contribution in [2.45, 2.75) is 26.7 Å². The van der Waals surface area contributed by atoms with Crippen LogP contribution in [0.3, 0.4) is 0 Å². The molecule has 4 nitrogen and oxygen atoms in total. The van der Waals surface area contributed by atoms with E-state index in [4.69, 9.17) is 5.73 Å². The lowest BCUT2D eigenvalue weighted by Gasteiger charge is -2.11. The van der Waals surface area contributed by atoms with Gasteiger partial charge in [0.1, 0.15) is 23.3 Å². The van der Waals surface area contributed by atoms with Crippen LogP contribution in [-0.4, -0.2) is 9.97 Å². The predicted molar refractivity (Wildman–Crippen MR) is 74.9 cm³/mol. The summed E-state index contributed by atoms with van der Waals surface area (Å²) in [7, 11) is 0. The number of aryl methyl sites for hydroxylation is 1. The highest BCUT2D eigenvalue weighted by Crippen LogP contribution is 2.22. The van der Waals surface area contributed by atoms with Crippen LogP contribution in [-0.2, 0) is 6.42 Å². The molecular weight excluding hydrogens is 243 g/mol. The van der Waals surface area contributed by atoms with E-state index < -0.39 is 0 Å². The number of halogens is 1. The summed E-state index contributed by atoms with van der Waals surface area (Å²) in [6.45, 7) is 3.92. The quantitative estimate of drug-likeness (QED) is 0.886. The molecule has 0 bridgehead atoms. The van der Waals surface area contributed by atoms with Crippen molar-refractivity contribution in [2.24, 2.45) is 0 Å². The Morgan fingerprint density at radius 2 is 1.89 bits per heavy atom. The first-order chi connectivity index (χ1) is 9.10. The van der Waals surface area contributed by atoms with Gasteiger partial charge in [-0.25, -0.2) is 14.4 Å². The zero-order valence-corrected chi connectivity index (χ0v) is 11.1. The predicted octanol–water partition coefficient (Wildman–Crippen LogP) is 3.20. The van der Waals surface area contributed by atoms with Crippen molar-refractivity contribution >= 4 is 17.3 Å². The van der Waals surface area contributed by atoms with Gasteiger partial charge in [-0.1, -0.05) is 6.92 Å². The minimum absolute atomic E-state index is 0.267. The molecule has 0 amide bonds. The van der Waals surface area contributed by atoms with Crippen molar-refractivity contribution in [1.82, 2.24) is 9.97 Å². The van der Waals surface area contributed by atoms with Gasteiger partial charge in [-0.15, -0.1) is 0 Å². The smallest absolute Gasteiger partial charge is 0.139 e. The summed E-state index contributed by atoms with van der Waals surface area (Å²) in [5, 5.41) is 3.14. The normalized spacial score (nSPS) is 10.5. The zero-order valence-electron chi connectivity index (χ0n) is 11.1. The molecule has 0 radical (unpaired) electrons. The van der Waals surface area contributed by atoms with Gasteiger partial charge in [0.25, 0.3) is 0 Å². The van der Waals surface area contributed by atoms with Crippen LogP contribution in [0.15, 0.2) is 24.3 Å². The van der Waals surface area contributed by atoms with Crippen LogP contribution in [0.5, 0.6) is 0 Å². The van der Waals surface area contributed by atoms with E-state index in [0.29, 0.717) is 11.6 Å². The number of nitrogens with zero attached hydrogens (tertiary/aromatic N) is 2. The number of nitrogens with one attached hydrogen (secondary N) is 1. The van der Waals surface area contributed by atoms with Crippen LogP contribution in [0.2, 0.25) is 0 Å². The van der Waals surface area contributed by atoms with Gasteiger partial charge in [0.05, 0.1) is 0 Å². The molecule has 3 N–H and O–H groups in total. The van der Waals surface area contributed by atoms with E-state index in [1.165, 1.54) is 12.1 Å². The third kappa shape index (κ3) is 3.19. The number of anilines is 3. The maximum absolute atomic E-state index is 12.9. The Morgan fingerprint density at radius 1 is 1.21 bits per heavy atom. The molecule has 0 aliphatic heterocycles. The van der Waals surface area contributed by atoms with Crippen molar-refractivity contribution in [3.63, 3.8) is 0 Å². The van der Waals surface area contributed by atoms with Crippen LogP contribution in [0.1, 0.15) is 24.7 Å². The molecule has 1 aromatic carbocycles. The van der Waals surface area contributed by atoms with Crippen molar-refractivity contribution < 1.29 is 4.39 Å². The summed E-state index contributed by atoms with van der Waals surface area (Å²) in [5.74, 6) is 1.59. The minimum Gasteiger partial charge on any atom is -0.383 e. The molecular formula is C14H17FN4. The first kappa shape index (κ1) is 13.3. The molecule has 2 aromatic rings. The van der Waals surface area contributed by atoms with Crippen LogP contribution in [0.4, 0.5) is 21.7 Å². The lowest BCUT2D eigenvalue weighted by Crippen LogP contribution is -2.07. The molecule has 2 rings (SSSR count). The standard InChI is InChI=1S/C14H17FN4/c1-3-4-12-18-13(16)9(2)14(19-12)17-11-7-5-10(15)6-8-11/h5-8H,3-4H2,1-2H3,(H3,16,17,18,19). The number of rotatable bonds is 4. The Morgan fingerprint density at radius 3 is 2.53 bits per heavy atom. The van der Waals surface area contributed by atoms with E-state index in [1.807, 2.05) is 6.92 Å². The summed E-state index contributed by atoms with van der Waals surface area (Å²) < 4.78 is 12.9. The lowest BCUT2D eigenvalue weighted by molar-refractivity contribution is 0.628. The van der Waals surface area contributed by atoms with Gasteiger partial charge in [0.2, 0.25) is 0 Å². The fraction of sp³-hybridized carbons (Fsp3) is 0.286. The number of nitrogens with two attached hydrogens (primary N) is 1. The second kappa shape index (κ2) is 5.65. The summed E-state index contributed by atoms with van der Waals surface area (Å²) in [6.07, 6.45) is 1.74. The van der Waals surface area contributed by atoms with Crippen molar-refractivity contribution in [2.75, 3.05) is 11.1 Å². The Kier molecular flexibility index (Phi) is 3.94. The number of nitrogen functional groups attached to an aromatic ring is 1. The molecule has 1 aromatic heterocycles. The van der Waals surface area contributed by atoms with Gasteiger partial charge < -0.3 is 11.1 Å². The Hall–Kier alpha value is -2.17. The van der Waals surface area contributed by atoms with Gasteiger partial charge in [0, 0.05) is 17.7 Å².